The molecule has 2 rings (SSSR count). The summed E-state index contributed by atoms with van der Waals surface area (Å²) in [6.07, 6.45) is 0.492. The first-order valence-corrected chi connectivity index (χ1v) is 6.89. The molecule has 0 radical (unpaired) electrons. The van der Waals surface area contributed by atoms with E-state index in [1.54, 1.807) is 0 Å². The number of ether oxygens (including phenoxy) is 2. The Morgan fingerprint density at radius 2 is 2.18 bits per heavy atom. The molecule has 0 fully saturated rings. The van der Waals surface area contributed by atoms with Crippen LogP contribution in [-0.2, 0) is 11.2 Å². The summed E-state index contributed by atoms with van der Waals surface area (Å²) >= 11 is 0. The number of carbonyl (C=O) groups excluding carboxylic acids is 1. The zero-order chi connectivity index (χ0) is 16.1. The predicted octanol–water partition coefficient (Wildman–Crippen LogP) is 2.23. The van der Waals surface area contributed by atoms with Crippen molar-refractivity contribution < 1.29 is 23.9 Å². The highest BCUT2D eigenvalue weighted by atomic mass is 16.5. The van der Waals surface area contributed by atoms with E-state index in [1.807, 2.05) is 6.92 Å². The first-order chi connectivity index (χ1) is 10.6. The van der Waals surface area contributed by atoms with E-state index >= 15 is 0 Å². The maximum absolute atomic E-state index is 11.8. The molecule has 22 heavy (non-hydrogen) atoms. The monoisotopic (exact) mass is 306 g/mol. The first kappa shape index (κ1) is 16.0. The topological polar surface area (TPSA) is 94.7 Å². The van der Waals surface area contributed by atoms with Gasteiger partial charge in [-0.3, -0.25) is 4.79 Å². The minimum Gasteiger partial charge on any atom is -0.504 e. The second-order valence-electron chi connectivity index (χ2n) is 4.58. The summed E-state index contributed by atoms with van der Waals surface area (Å²) in [6, 6.07) is 2.86. The maximum atomic E-state index is 11.8. The fraction of sp³-hybridized carbons (Fsp3) is 0.400. The van der Waals surface area contributed by atoms with E-state index in [1.165, 1.54) is 26.2 Å². The summed E-state index contributed by atoms with van der Waals surface area (Å²) in [5.41, 5.74) is 0.754. The van der Waals surface area contributed by atoms with Crippen molar-refractivity contribution in [1.82, 2.24) is 10.1 Å². The zero-order valence-corrected chi connectivity index (χ0v) is 12.8. The van der Waals surface area contributed by atoms with Crippen LogP contribution in [0, 0.1) is 0 Å². The molecule has 7 nitrogen and oxygen atoms in total. The van der Waals surface area contributed by atoms with Crippen molar-refractivity contribution in [3.05, 3.63) is 23.6 Å². The van der Waals surface area contributed by atoms with Gasteiger partial charge in [0.1, 0.15) is 0 Å². The molecule has 0 atom stereocenters. The second kappa shape index (κ2) is 7.04. The van der Waals surface area contributed by atoms with Crippen molar-refractivity contribution in [2.75, 3.05) is 20.3 Å². The van der Waals surface area contributed by atoms with Crippen LogP contribution in [0.25, 0.3) is 11.4 Å². The molecule has 1 aromatic carbocycles. The summed E-state index contributed by atoms with van der Waals surface area (Å²) in [7, 11) is 1.43. The molecule has 0 unspecified atom stereocenters. The molecule has 1 aromatic heterocycles. The number of ketones is 1. The summed E-state index contributed by atoms with van der Waals surface area (Å²) in [6.45, 7) is 4.41. The highest BCUT2D eigenvalue weighted by Crippen LogP contribution is 2.34. The summed E-state index contributed by atoms with van der Waals surface area (Å²) in [5, 5.41) is 13.7. The van der Waals surface area contributed by atoms with E-state index < -0.39 is 0 Å². The number of carbonyl (C=O) groups is 1. The molecular weight excluding hydrogens is 288 g/mol. The third-order valence-electron chi connectivity index (χ3n) is 3.07. The molecule has 1 heterocycles. The first-order valence-electron chi connectivity index (χ1n) is 6.89. The Bertz CT molecular complexity index is 666. The normalized spacial score (nSPS) is 10.7. The van der Waals surface area contributed by atoms with Crippen LogP contribution >= 0.6 is 0 Å². The van der Waals surface area contributed by atoms with Crippen molar-refractivity contribution in [2.24, 2.45) is 0 Å². The molecule has 0 spiro atoms. The third-order valence-corrected chi connectivity index (χ3v) is 3.07. The fourth-order valence-electron chi connectivity index (χ4n) is 1.98. The van der Waals surface area contributed by atoms with Crippen LogP contribution in [0.2, 0.25) is 0 Å². The van der Waals surface area contributed by atoms with Gasteiger partial charge >= 0.3 is 0 Å². The standard InChI is InChI=1S/C15H18N2O5/c1-4-21-6-5-14-16-15(17-22-14)11-8-13(20-3)12(19)7-10(11)9(2)18/h7-8,19H,4-6H2,1-3H3. The largest absolute Gasteiger partial charge is 0.504 e. The lowest BCUT2D eigenvalue weighted by Crippen LogP contribution is -2.00. The molecule has 1 N–H and O–H groups in total. The minimum atomic E-state index is -0.214. The molecule has 7 heteroatoms. The van der Waals surface area contributed by atoms with Crippen LogP contribution < -0.4 is 4.74 Å². The Morgan fingerprint density at radius 3 is 2.82 bits per heavy atom. The molecule has 0 saturated carbocycles. The zero-order valence-electron chi connectivity index (χ0n) is 12.8. The van der Waals surface area contributed by atoms with Gasteiger partial charge in [-0.15, -0.1) is 0 Å². The molecule has 0 aliphatic rings. The number of rotatable bonds is 7. The lowest BCUT2D eigenvalue weighted by molar-refractivity contribution is 0.101. The third kappa shape index (κ3) is 3.43. The number of methoxy groups -OCH3 is 1. The predicted molar refractivity (Wildman–Crippen MR) is 78.2 cm³/mol. The van der Waals surface area contributed by atoms with Gasteiger partial charge in [0, 0.05) is 17.7 Å². The van der Waals surface area contributed by atoms with E-state index in [4.69, 9.17) is 14.0 Å². The number of aromatic hydroxyl groups is 1. The average Bonchev–Trinajstić information content (AvgIpc) is 2.96. The van der Waals surface area contributed by atoms with Crippen molar-refractivity contribution in [3.63, 3.8) is 0 Å². The van der Waals surface area contributed by atoms with Gasteiger partial charge in [-0.2, -0.15) is 4.98 Å². The van der Waals surface area contributed by atoms with Crippen LogP contribution in [0.5, 0.6) is 11.5 Å². The van der Waals surface area contributed by atoms with E-state index in [-0.39, 0.29) is 23.1 Å². The van der Waals surface area contributed by atoms with E-state index in [2.05, 4.69) is 10.1 Å². The quantitative estimate of drug-likeness (QED) is 0.619. The van der Waals surface area contributed by atoms with Crippen LogP contribution in [0.1, 0.15) is 30.1 Å². The number of phenols is 1. The molecule has 0 aliphatic heterocycles. The van der Waals surface area contributed by atoms with Gasteiger partial charge in [-0.25, -0.2) is 0 Å². The number of hydrogen-bond donors (Lipinski definition) is 1. The van der Waals surface area contributed by atoms with E-state index in [0.29, 0.717) is 36.7 Å². The minimum absolute atomic E-state index is 0.114. The van der Waals surface area contributed by atoms with E-state index in [9.17, 15) is 9.90 Å². The Labute approximate surface area is 127 Å². The number of hydrogen-bond acceptors (Lipinski definition) is 7. The molecule has 0 bridgehead atoms. The van der Waals surface area contributed by atoms with Crippen LogP contribution in [0.4, 0.5) is 0 Å². The van der Waals surface area contributed by atoms with Gasteiger partial charge in [0.05, 0.1) is 20.1 Å². The molecule has 118 valence electrons. The van der Waals surface area contributed by atoms with Crippen LogP contribution in [0.3, 0.4) is 0 Å². The lowest BCUT2D eigenvalue weighted by Gasteiger charge is -2.08. The van der Waals surface area contributed by atoms with Crippen molar-refractivity contribution in [2.45, 2.75) is 20.3 Å². The lowest BCUT2D eigenvalue weighted by atomic mass is 10.0. The van der Waals surface area contributed by atoms with Gasteiger partial charge in [0.2, 0.25) is 11.7 Å². The van der Waals surface area contributed by atoms with Gasteiger partial charge in [0.15, 0.2) is 17.3 Å². The number of Topliss-reactive ketones (excluding diaryl/α,β-unsaturated/α-hetero) is 1. The summed E-state index contributed by atoms with van der Waals surface area (Å²) in [4.78, 5) is 16.0. The number of benzene rings is 1. The maximum Gasteiger partial charge on any atom is 0.229 e. The Kier molecular flexibility index (Phi) is 5.11. The second-order valence-corrected chi connectivity index (χ2v) is 4.58. The average molecular weight is 306 g/mol. The van der Waals surface area contributed by atoms with Crippen molar-refractivity contribution in [3.8, 4) is 22.9 Å². The van der Waals surface area contributed by atoms with Gasteiger partial charge < -0.3 is 19.1 Å². The van der Waals surface area contributed by atoms with Crippen molar-refractivity contribution in [1.29, 1.82) is 0 Å². The van der Waals surface area contributed by atoms with Gasteiger partial charge in [-0.05, 0) is 26.0 Å². The molecule has 2 aromatic rings. The van der Waals surface area contributed by atoms with Gasteiger partial charge in [-0.1, -0.05) is 5.16 Å². The number of aromatic nitrogens is 2. The smallest absolute Gasteiger partial charge is 0.229 e. The fourth-order valence-corrected chi connectivity index (χ4v) is 1.98. The van der Waals surface area contributed by atoms with Crippen LogP contribution in [-0.4, -0.2) is 41.4 Å². The Balaban J connectivity index is 2.36. The van der Waals surface area contributed by atoms with E-state index in [0.717, 1.165) is 0 Å². The van der Waals surface area contributed by atoms with Crippen molar-refractivity contribution >= 4 is 5.78 Å². The highest BCUT2D eigenvalue weighted by Gasteiger charge is 2.19. The highest BCUT2D eigenvalue weighted by molar-refractivity contribution is 6.01. The SMILES string of the molecule is CCOCCc1nc(-c2cc(OC)c(O)cc2C(C)=O)no1. The number of phenolic OH excluding ortho intramolecular Hbond substituents is 1. The number of nitrogens with zero attached hydrogens (tertiary/aromatic N) is 2. The van der Waals surface area contributed by atoms with Crippen LogP contribution in [0.15, 0.2) is 16.7 Å². The molecule has 0 amide bonds. The Morgan fingerprint density at radius 1 is 1.41 bits per heavy atom. The Hall–Kier alpha value is -2.41. The molecule has 0 aliphatic carbocycles. The molecular formula is C15H18N2O5. The summed E-state index contributed by atoms with van der Waals surface area (Å²) in [5.74, 6) is 0.603. The molecule has 0 saturated heterocycles. The van der Waals surface area contributed by atoms with Gasteiger partial charge in [0.25, 0.3) is 0 Å². The summed E-state index contributed by atoms with van der Waals surface area (Å²) < 4.78 is 15.4.